The Hall–Kier alpha value is -3.60. The van der Waals surface area contributed by atoms with Crippen LogP contribution in [0.1, 0.15) is 30.7 Å². The summed E-state index contributed by atoms with van der Waals surface area (Å²) in [4.78, 5) is 39.0. The molecule has 0 amide bonds. The van der Waals surface area contributed by atoms with E-state index >= 15 is 0 Å². The van der Waals surface area contributed by atoms with Gasteiger partial charge in [-0.15, -0.1) is 22.7 Å². The first-order valence-corrected chi connectivity index (χ1v) is 12.9. The highest BCUT2D eigenvalue weighted by Crippen LogP contribution is 2.25. The maximum Gasteiger partial charge on any atom is 0.224 e. The van der Waals surface area contributed by atoms with Gasteiger partial charge in [0.1, 0.15) is 4.60 Å². The van der Waals surface area contributed by atoms with E-state index < -0.39 is 0 Å². The second-order valence-corrected chi connectivity index (χ2v) is 9.85. The lowest BCUT2D eigenvalue weighted by Crippen LogP contribution is -1.99. The van der Waals surface area contributed by atoms with Gasteiger partial charge in [-0.05, 0) is 28.1 Å². The largest absolute Gasteiger partial charge is 0.480 e. The summed E-state index contributed by atoms with van der Waals surface area (Å²) < 4.78 is 5.69. The lowest BCUT2D eigenvalue weighted by atomic mass is 10.1. The van der Waals surface area contributed by atoms with Crippen molar-refractivity contribution in [2.24, 2.45) is 0 Å². The molecular weight excluding hydrogens is 548 g/mol. The summed E-state index contributed by atoms with van der Waals surface area (Å²) in [5, 5.41) is 6.32. The highest BCUT2D eigenvalue weighted by molar-refractivity contribution is 9.10. The van der Waals surface area contributed by atoms with Crippen molar-refractivity contribution >= 4 is 72.0 Å². The molecule has 7 nitrogen and oxygen atoms in total. The predicted octanol–water partition coefficient (Wildman–Crippen LogP) is 6.48. The number of methoxy groups -OCH3 is 1. The van der Waals surface area contributed by atoms with Gasteiger partial charge in [0.05, 0.1) is 23.6 Å². The van der Waals surface area contributed by atoms with Gasteiger partial charge in [-0.1, -0.05) is 36.4 Å². The zero-order valence-corrected chi connectivity index (χ0v) is 21.5. The number of thiazole rings is 2. The minimum Gasteiger partial charge on any atom is -0.480 e. The van der Waals surface area contributed by atoms with Crippen LogP contribution in [0.25, 0.3) is 21.8 Å². The fraction of sp³-hybridized carbons (Fsp3) is 0.0400. The summed E-state index contributed by atoms with van der Waals surface area (Å²) in [6, 6.07) is 15.4. The van der Waals surface area contributed by atoms with E-state index in [1.807, 2.05) is 53.9 Å². The smallest absolute Gasteiger partial charge is 0.224 e. The van der Waals surface area contributed by atoms with E-state index in [1.165, 1.54) is 29.8 Å². The third-order valence-corrected chi connectivity index (χ3v) is 7.59. The number of para-hydroxylation sites is 2. The maximum absolute atomic E-state index is 12.3. The Balaban J connectivity index is 0.000000145. The van der Waals surface area contributed by atoms with E-state index in [0.717, 1.165) is 21.8 Å². The number of aromatic nitrogens is 4. The third-order valence-electron chi connectivity index (χ3n) is 5.22. The Morgan fingerprint density at radius 1 is 0.800 bits per heavy atom. The molecule has 0 radical (unpaired) electrons. The van der Waals surface area contributed by atoms with Crippen molar-refractivity contribution in [3.63, 3.8) is 0 Å². The van der Waals surface area contributed by atoms with Crippen molar-refractivity contribution in [3.8, 4) is 5.88 Å². The Morgan fingerprint density at radius 3 is 1.80 bits per heavy atom. The van der Waals surface area contributed by atoms with Gasteiger partial charge in [0.2, 0.25) is 17.4 Å². The van der Waals surface area contributed by atoms with Gasteiger partial charge >= 0.3 is 0 Å². The summed E-state index contributed by atoms with van der Waals surface area (Å²) in [5.74, 6) is 0.349. The predicted molar refractivity (Wildman–Crippen MR) is 142 cm³/mol. The number of carbonyl (C=O) groups excluding carboxylic acids is 2. The van der Waals surface area contributed by atoms with Crippen molar-refractivity contribution in [3.05, 3.63) is 97.4 Å². The molecule has 0 aliphatic carbocycles. The number of hydrogen-bond donors (Lipinski definition) is 2. The Bertz CT molecular complexity index is 1660. The number of ketones is 2. The number of carbonyl (C=O) groups is 2. The minimum atomic E-state index is -0.0826. The average Bonchev–Trinajstić information content (AvgIpc) is 3.69. The minimum absolute atomic E-state index is 0.0434. The van der Waals surface area contributed by atoms with Gasteiger partial charge in [0.25, 0.3) is 0 Å². The van der Waals surface area contributed by atoms with Crippen LogP contribution in [0.15, 0.2) is 76.3 Å². The van der Waals surface area contributed by atoms with Crippen LogP contribution in [0, 0.1) is 0 Å². The van der Waals surface area contributed by atoms with E-state index in [2.05, 4.69) is 35.9 Å². The highest BCUT2D eigenvalue weighted by Gasteiger charge is 2.18. The van der Waals surface area contributed by atoms with E-state index in [4.69, 9.17) is 4.74 Å². The third kappa shape index (κ3) is 4.68. The van der Waals surface area contributed by atoms with Crippen LogP contribution in [0.4, 0.5) is 0 Å². The zero-order valence-electron chi connectivity index (χ0n) is 18.2. The summed E-state index contributed by atoms with van der Waals surface area (Å²) in [6.07, 6.45) is 3.46. The monoisotopic (exact) mass is 564 g/mol. The average molecular weight is 565 g/mol. The first-order valence-electron chi connectivity index (χ1n) is 10.4. The molecule has 0 saturated carbocycles. The van der Waals surface area contributed by atoms with E-state index in [-0.39, 0.29) is 11.6 Å². The first kappa shape index (κ1) is 23.2. The summed E-state index contributed by atoms with van der Waals surface area (Å²) in [7, 11) is 1.54. The van der Waals surface area contributed by atoms with E-state index in [1.54, 1.807) is 17.8 Å². The van der Waals surface area contributed by atoms with Crippen molar-refractivity contribution in [1.82, 2.24) is 19.9 Å². The summed E-state index contributed by atoms with van der Waals surface area (Å²) >= 11 is 5.89. The molecule has 0 spiro atoms. The van der Waals surface area contributed by atoms with Crippen molar-refractivity contribution in [2.45, 2.75) is 0 Å². The molecule has 6 aromatic rings. The van der Waals surface area contributed by atoms with Gasteiger partial charge in [0, 0.05) is 39.6 Å². The fourth-order valence-corrected chi connectivity index (χ4v) is 5.49. The normalized spacial score (nSPS) is 10.8. The van der Waals surface area contributed by atoms with Gasteiger partial charge in [-0.3, -0.25) is 9.59 Å². The Morgan fingerprint density at radius 2 is 1.31 bits per heavy atom. The molecule has 0 aliphatic heterocycles. The van der Waals surface area contributed by atoms with Crippen LogP contribution in [-0.4, -0.2) is 38.6 Å². The van der Waals surface area contributed by atoms with Crippen LogP contribution in [0.3, 0.4) is 0 Å². The molecule has 2 aromatic carbocycles. The number of hydrogen-bond acceptors (Lipinski definition) is 7. The molecule has 4 heterocycles. The molecule has 2 N–H and O–H groups in total. The summed E-state index contributed by atoms with van der Waals surface area (Å²) in [5.41, 5.74) is 3.22. The Labute approximate surface area is 216 Å². The lowest BCUT2D eigenvalue weighted by molar-refractivity contribution is 0.103. The fourth-order valence-electron chi connectivity index (χ4n) is 3.56. The standard InChI is InChI=1S/C13H10N2O2S.C12H7BrN2OS/c1-17-11-7-18-13(15-11)12(16)9-6-14-10-5-3-2-4-8(9)10;13-10-6-17-12(15-10)11(16)8-5-14-9-4-2-1-3-7(8)9/h2-7,14H,1H3;1-6,14H. The number of aromatic amines is 2. The van der Waals surface area contributed by atoms with Gasteiger partial charge < -0.3 is 14.7 Å². The number of benzene rings is 2. The van der Waals surface area contributed by atoms with Crippen molar-refractivity contribution in [2.75, 3.05) is 7.11 Å². The molecule has 0 aliphatic rings. The molecule has 0 bridgehead atoms. The second kappa shape index (κ2) is 9.95. The molecule has 4 aromatic heterocycles. The molecule has 0 fully saturated rings. The van der Waals surface area contributed by atoms with Gasteiger partial charge in [-0.2, -0.15) is 4.98 Å². The molecule has 174 valence electrons. The number of H-pyrrole nitrogens is 2. The Kier molecular flexibility index (Phi) is 6.58. The first-order chi connectivity index (χ1) is 17.0. The SMILES string of the molecule is COc1csc(C(=O)c2c[nH]c3ccccc23)n1.O=C(c1nc(Br)cs1)c1c[nH]c2ccccc12. The molecular formula is C25H17BrN4O3S2. The molecule has 35 heavy (non-hydrogen) atoms. The second-order valence-electron chi connectivity index (χ2n) is 7.32. The number of nitrogens with zero attached hydrogens (tertiary/aromatic N) is 2. The number of halogens is 1. The van der Waals surface area contributed by atoms with E-state index in [9.17, 15) is 9.59 Å². The zero-order chi connectivity index (χ0) is 24.4. The topological polar surface area (TPSA) is 101 Å². The van der Waals surface area contributed by atoms with Crippen LogP contribution in [-0.2, 0) is 0 Å². The molecule has 0 unspecified atom stereocenters. The van der Waals surface area contributed by atoms with Crippen LogP contribution in [0.5, 0.6) is 5.88 Å². The maximum atomic E-state index is 12.3. The van der Waals surface area contributed by atoms with Crippen LogP contribution < -0.4 is 4.74 Å². The highest BCUT2D eigenvalue weighted by atomic mass is 79.9. The van der Waals surface area contributed by atoms with E-state index in [0.29, 0.717) is 31.6 Å². The molecule has 6 rings (SSSR count). The quantitative estimate of drug-likeness (QED) is 0.233. The lowest BCUT2D eigenvalue weighted by Gasteiger charge is -1.95. The number of rotatable bonds is 5. The molecule has 0 saturated heterocycles. The number of fused-ring (bicyclic) bond motifs is 2. The van der Waals surface area contributed by atoms with Crippen molar-refractivity contribution < 1.29 is 14.3 Å². The van der Waals surface area contributed by atoms with Crippen LogP contribution >= 0.6 is 38.6 Å². The number of nitrogens with one attached hydrogen (secondary N) is 2. The van der Waals surface area contributed by atoms with Crippen molar-refractivity contribution in [1.29, 1.82) is 0 Å². The van der Waals surface area contributed by atoms with Gasteiger partial charge in [0.15, 0.2) is 10.0 Å². The van der Waals surface area contributed by atoms with Crippen LogP contribution in [0.2, 0.25) is 0 Å². The summed E-state index contributed by atoms with van der Waals surface area (Å²) in [6.45, 7) is 0. The molecule has 0 atom stereocenters. The number of ether oxygens (including phenoxy) is 1. The molecule has 10 heteroatoms. The van der Waals surface area contributed by atoms with Gasteiger partial charge in [-0.25, -0.2) is 4.98 Å².